The van der Waals surface area contributed by atoms with E-state index in [4.69, 9.17) is 0 Å². The molecule has 0 aliphatic heterocycles. The molecule has 2 rings (SSSR count). The van der Waals surface area contributed by atoms with Gasteiger partial charge in [-0.2, -0.15) is 0 Å². The summed E-state index contributed by atoms with van der Waals surface area (Å²) >= 11 is 7.12. The predicted octanol–water partition coefficient (Wildman–Crippen LogP) is 5.98. The summed E-state index contributed by atoms with van der Waals surface area (Å²) in [6.07, 6.45) is 9.89. The third kappa shape index (κ3) is 4.58. The molecule has 100 valence electrons. The first-order valence-electron chi connectivity index (χ1n) is 6.94. The van der Waals surface area contributed by atoms with Crippen LogP contribution in [-0.2, 0) is 0 Å². The van der Waals surface area contributed by atoms with Crippen molar-refractivity contribution >= 4 is 37.5 Å². The topological polar surface area (TPSA) is 12.0 Å². The smallest absolute Gasteiger partial charge is 0.0496 e. The summed E-state index contributed by atoms with van der Waals surface area (Å²) in [5.74, 6) is 0.844. The van der Waals surface area contributed by atoms with Crippen molar-refractivity contribution in [3.05, 3.63) is 27.1 Å². The van der Waals surface area contributed by atoms with Gasteiger partial charge >= 0.3 is 0 Å². The van der Waals surface area contributed by atoms with Gasteiger partial charge in [0.15, 0.2) is 0 Å². The third-order valence-corrected chi connectivity index (χ3v) is 4.92. The standard InChI is InChI=1S/C15H21Br2N/c16-13-8-9-14(17)15(10-13)18-11-12-6-4-2-1-3-5-7-12/h8-10,12,18H,1-7,11H2. The van der Waals surface area contributed by atoms with E-state index >= 15 is 0 Å². The molecule has 1 fully saturated rings. The van der Waals surface area contributed by atoms with Crippen molar-refractivity contribution in [1.29, 1.82) is 0 Å². The Morgan fingerprint density at radius 2 is 1.67 bits per heavy atom. The number of anilines is 1. The van der Waals surface area contributed by atoms with Gasteiger partial charge in [-0.3, -0.25) is 0 Å². The van der Waals surface area contributed by atoms with E-state index in [1.807, 2.05) is 0 Å². The van der Waals surface area contributed by atoms with Crippen LogP contribution in [0.2, 0.25) is 0 Å². The van der Waals surface area contributed by atoms with E-state index in [9.17, 15) is 0 Å². The Morgan fingerprint density at radius 1 is 1.00 bits per heavy atom. The summed E-state index contributed by atoms with van der Waals surface area (Å²) < 4.78 is 2.28. The zero-order chi connectivity index (χ0) is 12.8. The minimum Gasteiger partial charge on any atom is -0.384 e. The van der Waals surface area contributed by atoms with E-state index in [0.717, 1.165) is 21.4 Å². The van der Waals surface area contributed by atoms with Crippen LogP contribution in [-0.4, -0.2) is 6.54 Å². The fraction of sp³-hybridized carbons (Fsp3) is 0.600. The molecule has 1 N–H and O–H groups in total. The van der Waals surface area contributed by atoms with Gasteiger partial charge in [-0.15, -0.1) is 0 Å². The van der Waals surface area contributed by atoms with Crippen LogP contribution in [0.5, 0.6) is 0 Å². The summed E-state index contributed by atoms with van der Waals surface area (Å²) in [6.45, 7) is 1.11. The Labute approximate surface area is 127 Å². The quantitative estimate of drug-likeness (QED) is 0.685. The molecule has 0 aromatic heterocycles. The molecule has 0 atom stereocenters. The van der Waals surface area contributed by atoms with Gasteiger partial charge < -0.3 is 5.32 Å². The van der Waals surface area contributed by atoms with Gasteiger partial charge in [-0.1, -0.05) is 48.0 Å². The molecule has 0 bridgehead atoms. The zero-order valence-corrected chi connectivity index (χ0v) is 13.9. The van der Waals surface area contributed by atoms with Crippen molar-refractivity contribution in [2.24, 2.45) is 5.92 Å². The average molecular weight is 375 g/mol. The van der Waals surface area contributed by atoms with E-state index in [-0.39, 0.29) is 0 Å². The highest BCUT2D eigenvalue weighted by Gasteiger charge is 2.11. The van der Waals surface area contributed by atoms with Crippen LogP contribution in [0.1, 0.15) is 44.9 Å². The largest absolute Gasteiger partial charge is 0.384 e. The molecule has 1 aliphatic carbocycles. The van der Waals surface area contributed by atoms with Crippen LogP contribution in [0, 0.1) is 5.92 Å². The number of benzene rings is 1. The number of hydrogen-bond donors (Lipinski definition) is 1. The lowest BCUT2D eigenvalue weighted by atomic mass is 9.91. The Kier molecular flexibility index (Phi) is 6.03. The lowest BCUT2D eigenvalue weighted by Crippen LogP contribution is -2.15. The van der Waals surface area contributed by atoms with Crippen LogP contribution < -0.4 is 5.32 Å². The predicted molar refractivity (Wildman–Crippen MR) is 86.1 cm³/mol. The van der Waals surface area contributed by atoms with Crippen molar-refractivity contribution in [1.82, 2.24) is 0 Å². The molecule has 0 unspecified atom stereocenters. The van der Waals surface area contributed by atoms with Crippen molar-refractivity contribution in [3.8, 4) is 0 Å². The number of halogens is 2. The first-order valence-corrected chi connectivity index (χ1v) is 8.53. The van der Waals surface area contributed by atoms with E-state index in [1.54, 1.807) is 0 Å². The molecule has 1 nitrogen and oxygen atoms in total. The highest BCUT2D eigenvalue weighted by molar-refractivity contribution is 9.11. The molecule has 0 spiro atoms. The minimum absolute atomic E-state index is 0.844. The molecule has 0 saturated heterocycles. The minimum atomic E-state index is 0.844. The van der Waals surface area contributed by atoms with E-state index in [2.05, 4.69) is 55.4 Å². The molecule has 1 aromatic carbocycles. The van der Waals surface area contributed by atoms with Gasteiger partial charge in [-0.05, 0) is 52.9 Å². The lowest BCUT2D eigenvalue weighted by molar-refractivity contribution is 0.392. The highest BCUT2D eigenvalue weighted by Crippen LogP contribution is 2.28. The van der Waals surface area contributed by atoms with Crippen molar-refractivity contribution in [2.45, 2.75) is 44.9 Å². The molecule has 1 aromatic rings. The van der Waals surface area contributed by atoms with Gasteiger partial charge in [0.25, 0.3) is 0 Å². The first kappa shape index (κ1) is 14.4. The second kappa shape index (κ2) is 7.54. The zero-order valence-electron chi connectivity index (χ0n) is 10.7. The van der Waals surface area contributed by atoms with E-state index in [1.165, 1.54) is 50.6 Å². The van der Waals surface area contributed by atoms with E-state index in [0.29, 0.717) is 0 Å². The monoisotopic (exact) mass is 373 g/mol. The van der Waals surface area contributed by atoms with Crippen LogP contribution in [0.15, 0.2) is 27.1 Å². The maximum Gasteiger partial charge on any atom is 0.0496 e. The Bertz CT molecular complexity index is 371. The van der Waals surface area contributed by atoms with Gasteiger partial charge in [0, 0.05) is 21.2 Å². The van der Waals surface area contributed by atoms with Gasteiger partial charge in [0.2, 0.25) is 0 Å². The van der Waals surface area contributed by atoms with E-state index < -0.39 is 0 Å². The van der Waals surface area contributed by atoms with Crippen LogP contribution in [0.3, 0.4) is 0 Å². The van der Waals surface area contributed by atoms with Gasteiger partial charge in [0.05, 0.1) is 0 Å². The SMILES string of the molecule is Brc1ccc(Br)c(NCC2CCCCCCC2)c1. The molecule has 0 heterocycles. The average Bonchev–Trinajstić information content (AvgIpc) is 2.32. The molecular weight excluding hydrogens is 354 g/mol. The van der Waals surface area contributed by atoms with Crippen LogP contribution in [0.25, 0.3) is 0 Å². The van der Waals surface area contributed by atoms with Gasteiger partial charge in [-0.25, -0.2) is 0 Å². The summed E-state index contributed by atoms with van der Waals surface area (Å²) in [5.41, 5.74) is 1.20. The molecule has 0 amide bonds. The van der Waals surface area contributed by atoms with Gasteiger partial charge in [0.1, 0.15) is 0 Å². The normalized spacial score (nSPS) is 18.1. The Balaban J connectivity index is 1.87. The van der Waals surface area contributed by atoms with Crippen molar-refractivity contribution in [2.75, 3.05) is 11.9 Å². The molecular formula is C15H21Br2N. The second-order valence-corrected chi connectivity index (χ2v) is 6.99. The van der Waals surface area contributed by atoms with Crippen molar-refractivity contribution in [3.63, 3.8) is 0 Å². The molecule has 1 aliphatic rings. The van der Waals surface area contributed by atoms with Crippen LogP contribution >= 0.6 is 31.9 Å². The van der Waals surface area contributed by atoms with Crippen LogP contribution in [0.4, 0.5) is 5.69 Å². The lowest BCUT2D eigenvalue weighted by Gasteiger charge is -2.21. The fourth-order valence-corrected chi connectivity index (χ4v) is 3.38. The third-order valence-electron chi connectivity index (χ3n) is 3.73. The molecule has 3 heteroatoms. The number of nitrogens with one attached hydrogen (secondary N) is 1. The number of hydrogen-bond acceptors (Lipinski definition) is 1. The fourth-order valence-electron chi connectivity index (χ4n) is 2.63. The second-order valence-electron chi connectivity index (χ2n) is 5.22. The molecule has 18 heavy (non-hydrogen) atoms. The molecule has 0 radical (unpaired) electrons. The highest BCUT2D eigenvalue weighted by atomic mass is 79.9. The summed E-state index contributed by atoms with van der Waals surface area (Å²) in [4.78, 5) is 0. The summed E-state index contributed by atoms with van der Waals surface area (Å²) in [5, 5.41) is 3.59. The Hall–Kier alpha value is -0.0200. The summed E-state index contributed by atoms with van der Waals surface area (Å²) in [6, 6.07) is 6.29. The van der Waals surface area contributed by atoms with Crippen molar-refractivity contribution < 1.29 is 0 Å². The maximum atomic E-state index is 3.60. The number of rotatable bonds is 3. The Morgan fingerprint density at radius 3 is 2.39 bits per heavy atom. The first-order chi connectivity index (χ1) is 8.75. The maximum absolute atomic E-state index is 3.60. The summed E-state index contributed by atoms with van der Waals surface area (Å²) in [7, 11) is 0. The molecule has 1 saturated carbocycles.